The Morgan fingerprint density at radius 3 is 2.33 bits per heavy atom. The van der Waals surface area contributed by atoms with Gasteiger partial charge < -0.3 is 14.2 Å². The van der Waals surface area contributed by atoms with Crippen LogP contribution in [0.3, 0.4) is 0 Å². The topological polar surface area (TPSA) is 44.8 Å². The highest BCUT2D eigenvalue weighted by Crippen LogP contribution is 2.38. The van der Waals surface area contributed by atoms with Crippen molar-refractivity contribution in [3.63, 3.8) is 0 Å². The maximum Gasteiger partial charge on any atom is 0.315 e. The van der Waals surface area contributed by atoms with E-state index in [0.717, 1.165) is 16.9 Å². The maximum absolute atomic E-state index is 11.9. The molecule has 0 atom stereocenters. The van der Waals surface area contributed by atoms with Gasteiger partial charge >= 0.3 is 5.97 Å². The molecule has 1 aromatic rings. The molecular formula is C14H18O4. The van der Waals surface area contributed by atoms with Gasteiger partial charge in [0.2, 0.25) is 0 Å². The van der Waals surface area contributed by atoms with Crippen molar-refractivity contribution < 1.29 is 19.0 Å². The molecule has 1 aliphatic rings. The van der Waals surface area contributed by atoms with Crippen molar-refractivity contribution in [3.05, 3.63) is 23.3 Å². The zero-order valence-corrected chi connectivity index (χ0v) is 11.2. The van der Waals surface area contributed by atoms with Crippen LogP contribution in [0.4, 0.5) is 0 Å². The van der Waals surface area contributed by atoms with Gasteiger partial charge in [-0.3, -0.25) is 4.79 Å². The van der Waals surface area contributed by atoms with Crippen molar-refractivity contribution in [2.75, 3.05) is 20.3 Å². The smallest absolute Gasteiger partial charge is 0.315 e. The number of benzene rings is 1. The van der Waals surface area contributed by atoms with Crippen molar-refractivity contribution in [1.29, 1.82) is 0 Å². The van der Waals surface area contributed by atoms with Crippen LogP contribution in [-0.2, 0) is 14.9 Å². The van der Waals surface area contributed by atoms with Gasteiger partial charge in [-0.15, -0.1) is 0 Å². The number of esters is 1. The standard InChI is InChI=1S/C14H18O4/c1-9-7-11-12(18-6-5-17-11)8-10(9)14(2,3)13(15)16-4/h7-8H,5-6H2,1-4H3. The Morgan fingerprint density at radius 2 is 1.78 bits per heavy atom. The number of methoxy groups -OCH3 is 1. The van der Waals surface area contributed by atoms with E-state index in [4.69, 9.17) is 14.2 Å². The van der Waals surface area contributed by atoms with Gasteiger partial charge in [0.25, 0.3) is 0 Å². The van der Waals surface area contributed by atoms with E-state index in [1.165, 1.54) is 7.11 Å². The summed E-state index contributed by atoms with van der Waals surface area (Å²) in [6, 6.07) is 3.79. The predicted molar refractivity (Wildman–Crippen MR) is 67.2 cm³/mol. The summed E-state index contributed by atoms with van der Waals surface area (Å²) < 4.78 is 15.9. The first-order valence-electron chi connectivity index (χ1n) is 5.96. The average Bonchev–Trinajstić information content (AvgIpc) is 2.36. The Balaban J connectivity index is 2.48. The molecule has 0 radical (unpaired) electrons. The Kier molecular flexibility index (Phi) is 3.20. The van der Waals surface area contributed by atoms with Crippen LogP contribution >= 0.6 is 0 Å². The SMILES string of the molecule is COC(=O)C(C)(C)c1cc2c(cc1C)OCCO2. The highest BCUT2D eigenvalue weighted by atomic mass is 16.6. The summed E-state index contributed by atoms with van der Waals surface area (Å²) in [6.45, 7) is 6.74. The van der Waals surface area contributed by atoms with Crippen molar-refractivity contribution in [2.45, 2.75) is 26.2 Å². The molecule has 98 valence electrons. The fraction of sp³-hybridized carbons (Fsp3) is 0.500. The van der Waals surface area contributed by atoms with E-state index in [2.05, 4.69) is 0 Å². The van der Waals surface area contributed by atoms with Crippen LogP contribution in [0, 0.1) is 6.92 Å². The Morgan fingerprint density at radius 1 is 1.22 bits per heavy atom. The van der Waals surface area contributed by atoms with Gasteiger partial charge in [-0.2, -0.15) is 0 Å². The van der Waals surface area contributed by atoms with Gasteiger partial charge in [0.15, 0.2) is 11.5 Å². The minimum atomic E-state index is -0.700. The number of carbonyl (C=O) groups excluding carboxylic acids is 1. The Labute approximate surface area is 107 Å². The van der Waals surface area contributed by atoms with Crippen molar-refractivity contribution in [2.24, 2.45) is 0 Å². The number of hydrogen-bond donors (Lipinski definition) is 0. The second-order valence-corrected chi connectivity index (χ2v) is 4.93. The van der Waals surface area contributed by atoms with Gasteiger partial charge in [-0.05, 0) is 44.0 Å². The quantitative estimate of drug-likeness (QED) is 0.755. The molecule has 0 bridgehead atoms. The molecule has 0 fully saturated rings. The normalized spacial score (nSPS) is 14.2. The average molecular weight is 250 g/mol. The first-order valence-corrected chi connectivity index (χ1v) is 5.96. The summed E-state index contributed by atoms with van der Waals surface area (Å²) in [5, 5.41) is 0. The van der Waals surface area contributed by atoms with Gasteiger partial charge in [-0.1, -0.05) is 0 Å². The maximum atomic E-state index is 11.9. The molecule has 0 amide bonds. The lowest BCUT2D eigenvalue weighted by atomic mass is 9.82. The van der Waals surface area contributed by atoms with E-state index < -0.39 is 5.41 Å². The largest absolute Gasteiger partial charge is 0.486 e. The second-order valence-electron chi connectivity index (χ2n) is 4.93. The molecule has 1 heterocycles. The summed E-state index contributed by atoms with van der Waals surface area (Å²) in [5.74, 6) is 1.17. The molecule has 0 N–H and O–H groups in total. The molecule has 0 saturated carbocycles. The molecule has 0 aliphatic carbocycles. The highest BCUT2D eigenvalue weighted by molar-refractivity contribution is 5.83. The van der Waals surface area contributed by atoms with Crippen LogP contribution in [0.5, 0.6) is 11.5 Å². The summed E-state index contributed by atoms with van der Waals surface area (Å²) >= 11 is 0. The molecule has 0 spiro atoms. The second kappa shape index (κ2) is 4.52. The lowest BCUT2D eigenvalue weighted by Gasteiger charge is -2.27. The van der Waals surface area contributed by atoms with E-state index in [0.29, 0.717) is 19.0 Å². The molecule has 1 aliphatic heterocycles. The third-order valence-corrected chi connectivity index (χ3v) is 3.26. The van der Waals surface area contributed by atoms with Gasteiger partial charge in [-0.25, -0.2) is 0 Å². The number of carbonyl (C=O) groups is 1. The molecule has 0 aromatic heterocycles. The van der Waals surface area contributed by atoms with Crippen LogP contribution in [0.1, 0.15) is 25.0 Å². The molecule has 2 rings (SSSR count). The molecule has 4 heteroatoms. The van der Waals surface area contributed by atoms with Gasteiger partial charge in [0.05, 0.1) is 12.5 Å². The molecule has 4 nitrogen and oxygen atoms in total. The summed E-state index contributed by atoms with van der Waals surface area (Å²) in [4.78, 5) is 11.9. The van der Waals surface area contributed by atoms with Crippen molar-refractivity contribution in [3.8, 4) is 11.5 Å². The third kappa shape index (κ3) is 2.03. The molecule has 18 heavy (non-hydrogen) atoms. The van der Waals surface area contributed by atoms with Crippen LogP contribution in [0.15, 0.2) is 12.1 Å². The predicted octanol–water partition coefficient (Wildman–Crippen LogP) is 2.22. The molecule has 0 unspecified atom stereocenters. The summed E-state index contributed by atoms with van der Waals surface area (Å²) in [7, 11) is 1.40. The monoisotopic (exact) mass is 250 g/mol. The fourth-order valence-electron chi connectivity index (χ4n) is 2.23. The van der Waals surface area contributed by atoms with Crippen LogP contribution in [0.2, 0.25) is 0 Å². The van der Waals surface area contributed by atoms with Crippen molar-refractivity contribution in [1.82, 2.24) is 0 Å². The lowest BCUT2D eigenvalue weighted by Crippen LogP contribution is -2.31. The van der Waals surface area contributed by atoms with E-state index in [1.807, 2.05) is 32.9 Å². The fourth-order valence-corrected chi connectivity index (χ4v) is 2.23. The van der Waals surface area contributed by atoms with Crippen molar-refractivity contribution >= 4 is 5.97 Å². The number of ether oxygens (including phenoxy) is 3. The highest BCUT2D eigenvalue weighted by Gasteiger charge is 2.33. The first-order chi connectivity index (χ1) is 8.46. The molecular weight excluding hydrogens is 232 g/mol. The Hall–Kier alpha value is -1.71. The van der Waals surface area contributed by atoms with Crippen LogP contribution in [0.25, 0.3) is 0 Å². The minimum absolute atomic E-state index is 0.262. The zero-order valence-electron chi connectivity index (χ0n) is 11.2. The van der Waals surface area contributed by atoms with Crippen LogP contribution in [-0.4, -0.2) is 26.3 Å². The first kappa shape index (κ1) is 12.7. The number of fused-ring (bicyclic) bond motifs is 1. The van der Waals surface area contributed by atoms with E-state index >= 15 is 0 Å². The number of hydrogen-bond acceptors (Lipinski definition) is 4. The zero-order chi connectivity index (χ0) is 13.3. The molecule has 0 saturated heterocycles. The lowest BCUT2D eigenvalue weighted by molar-refractivity contribution is -0.146. The number of aryl methyl sites for hydroxylation is 1. The van der Waals surface area contributed by atoms with Gasteiger partial charge in [0.1, 0.15) is 13.2 Å². The van der Waals surface area contributed by atoms with E-state index in [9.17, 15) is 4.79 Å². The minimum Gasteiger partial charge on any atom is -0.486 e. The summed E-state index contributed by atoms with van der Waals surface area (Å²) in [6.07, 6.45) is 0. The number of rotatable bonds is 2. The van der Waals surface area contributed by atoms with Gasteiger partial charge in [0, 0.05) is 0 Å². The van der Waals surface area contributed by atoms with E-state index in [1.54, 1.807) is 0 Å². The van der Waals surface area contributed by atoms with E-state index in [-0.39, 0.29) is 5.97 Å². The van der Waals surface area contributed by atoms with Crippen LogP contribution < -0.4 is 9.47 Å². The summed E-state index contributed by atoms with van der Waals surface area (Å²) in [5.41, 5.74) is 1.20. The third-order valence-electron chi connectivity index (χ3n) is 3.26. The molecule has 1 aromatic carbocycles. The Bertz CT molecular complexity index is 477.